The summed E-state index contributed by atoms with van der Waals surface area (Å²) >= 11 is 0. The van der Waals surface area contributed by atoms with Crippen molar-refractivity contribution < 1.29 is 22.8 Å². The molecule has 57 heavy (non-hydrogen) atoms. The van der Waals surface area contributed by atoms with Crippen LogP contribution in [0.2, 0.25) is 0 Å². The van der Waals surface area contributed by atoms with Crippen LogP contribution in [-0.2, 0) is 19.3 Å². The van der Waals surface area contributed by atoms with Crippen molar-refractivity contribution in [2.75, 3.05) is 30.3 Å². The van der Waals surface area contributed by atoms with Crippen LogP contribution in [0.4, 0.5) is 34.1 Å². The quantitative estimate of drug-likeness (QED) is 0.141. The van der Waals surface area contributed by atoms with Gasteiger partial charge >= 0.3 is 18.2 Å². The number of aromatic nitrogens is 1. The highest BCUT2D eigenvalue weighted by Crippen LogP contribution is 2.33. The van der Waals surface area contributed by atoms with Crippen molar-refractivity contribution in [3.8, 4) is 0 Å². The van der Waals surface area contributed by atoms with E-state index in [4.69, 9.17) is 0 Å². The molecule has 1 aliphatic heterocycles. The summed E-state index contributed by atoms with van der Waals surface area (Å²) in [4.78, 5) is 36.6. The maximum Gasteiger partial charge on any atom is 0.416 e. The lowest BCUT2D eigenvalue weighted by molar-refractivity contribution is -0.137. The van der Waals surface area contributed by atoms with E-state index in [1.165, 1.54) is 44.4 Å². The molecule has 1 saturated heterocycles. The molecule has 11 heteroatoms. The molecule has 0 unspecified atom stereocenters. The molecule has 1 aliphatic carbocycles. The molecule has 0 bridgehead atoms. The van der Waals surface area contributed by atoms with Crippen molar-refractivity contribution in [2.45, 2.75) is 109 Å². The van der Waals surface area contributed by atoms with E-state index in [1.807, 2.05) is 65.6 Å². The number of amides is 4. The average Bonchev–Trinajstić information content (AvgIpc) is 3.23. The van der Waals surface area contributed by atoms with Crippen LogP contribution in [0.15, 0.2) is 109 Å². The van der Waals surface area contributed by atoms with Gasteiger partial charge in [0.25, 0.3) is 0 Å². The Labute approximate surface area is 336 Å². The summed E-state index contributed by atoms with van der Waals surface area (Å²) in [5, 5.41) is 5.71. The Kier molecular flexibility index (Phi) is 16.8. The summed E-state index contributed by atoms with van der Waals surface area (Å²) in [5.74, 6) is 0.705. The minimum absolute atomic E-state index is 0.0427. The highest BCUT2D eigenvalue weighted by Gasteiger charge is 2.32. The first kappa shape index (κ1) is 43.2. The fourth-order valence-corrected chi connectivity index (χ4v) is 7.88. The van der Waals surface area contributed by atoms with Gasteiger partial charge in [-0.1, -0.05) is 99.8 Å². The van der Waals surface area contributed by atoms with Crippen molar-refractivity contribution in [1.82, 2.24) is 19.7 Å². The third kappa shape index (κ3) is 13.9. The third-order valence-electron chi connectivity index (χ3n) is 11.0. The van der Waals surface area contributed by atoms with E-state index in [9.17, 15) is 22.8 Å². The van der Waals surface area contributed by atoms with E-state index in [0.29, 0.717) is 19.0 Å². The van der Waals surface area contributed by atoms with Gasteiger partial charge in [-0.2, -0.15) is 13.2 Å². The minimum atomic E-state index is -4.44. The number of nitrogens with one attached hydrogen (secondary N) is 2. The van der Waals surface area contributed by atoms with Crippen LogP contribution in [0, 0.1) is 5.92 Å². The van der Waals surface area contributed by atoms with Gasteiger partial charge in [0.15, 0.2) is 0 Å². The van der Waals surface area contributed by atoms with Gasteiger partial charge < -0.3 is 25.3 Å². The first-order valence-electron chi connectivity index (χ1n) is 20.7. The van der Waals surface area contributed by atoms with Crippen LogP contribution in [-0.4, -0.2) is 63.5 Å². The summed E-state index contributed by atoms with van der Waals surface area (Å²) in [5.41, 5.74) is 2.29. The predicted molar refractivity (Wildman–Crippen MR) is 223 cm³/mol. The highest BCUT2D eigenvalue weighted by atomic mass is 19.4. The summed E-state index contributed by atoms with van der Waals surface area (Å²) < 4.78 is 39.1. The van der Waals surface area contributed by atoms with Crippen molar-refractivity contribution in [3.63, 3.8) is 0 Å². The SMILES string of the molecule is CCCC1CCC(N(Cc2ccccc2)C(=O)Nc2cccc(C(F)(F)F)c2)CC1.CCCCN1CCC(N(Cc2ccccc2)C(=O)Nc2cccnc2)CC1. The summed E-state index contributed by atoms with van der Waals surface area (Å²) in [7, 11) is 0. The van der Waals surface area contributed by atoms with Crippen molar-refractivity contribution in [3.05, 3.63) is 126 Å². The number of likely N-dealkylation sites (tertiary alicyclic amines) is 1. The Hall–Kier alpha value is -4.90. The Morgan fingerprint density at radius 2 is 1.26 bits per heavy atom. The molecule has 0 atom stereocenters. The molecule has 0 spiro atoms. The van der Waals surface area contributed by atoms with Gasteiger partial charge in [-0.05, 0) is 98.9 Å². The fraction of sp³-hybridized carbons (Fsp3) is 0.457. The molecule has 1 saturated carbocycles. The molecule has 2 aliphatic rings. The zero-order valence-electron chi connectivity index (χ0n) is 33.5. The van der Waals surface area contributed by atoms with Crippen LogP contribution in [0.1, 0.15) is 94.7 Å². The van der Waals surface area contributed by atoms with Crippen molar-refractivity contribution >= 4 is 23.4 Å². The topological polar surface area (TPSA) is 80.8 Å². The number of halogens is 3. The molecule has 2 fully saturated rings. The second kappa shape index (κ2) is 22.1. The number of carbonyl (C=O) groups is 2. The molecule has 4 amide bonds. The first-order chi connectivity index (χ1) is 27.6. The van der Waals surface area contributed by atoms with Crippen LogP contribution >= 0.6 is 0 Å². The Morgan fingerprint density at radius 1 is 0.702 bits per heavy atom. The van der Waals surface area contributed by atoms with E-state index in [0.717, 1.165) is 80.6 Å². The number of anilines is 2. The number of rotatable bonds is 13. The lowest BCUT2D eigenvalue weighted by atomic mass is 9.83. The van der Waals surface area contributed by atoms with E-state index >= 15 is 0 Å². The molecular weight excluding hydrogens is 726 g/mol. The van der Waals surface area contributed by atoms with Crippen molar-refractivity contribution in [2.24, 2.45) is 5.92 Å². The van der Waals surface area contributed by atoms with E-state index < -0.39 is 11.7 Å². The molecule has 1 aromatic heterocycles. The van der Waals surface area contributed by atoms with Gasteiger partial charge in [-0.25, -0.2) is 9.59 Å². The number of piperidine rings is 1. The van der Waals surface area contributed by atoms with Gasteiger partial charge in [0.05, 0.1) is 17.4 Å². The molecule has 6 rings (SSSR count). The summed E-state index contributed by atoms with van der Waals surface area (Å²) in [6.07, 6.45) is 9.88. The maximum atomic E-state index is 13.1. The highest BCUT2D eigenvalue weighted by molar-refractivity contribution is 5.90. The van der Waals surface area contributed by atoms with Crippen LogP contribution in [0.25, 0.3) is 0 Å². The first-order valence-corrected chi connectivity index (χ1v) is 20.7. The number of alkyl halides is 3. The number of hydrogen-bond donors (Lipinski definition) is 2. The van der Waals surface area contributed by atoms with Crippen LogP contribution in [0.3, 0.4) is 0 Å². The number of carbonyl (C=O) groups excluding carboxylic acids is 2. The molecule has 3 aromatic carbocycles. The number of nitrogens with zero attached hydrogens (tertiary/aromatic N) is 4. The Bertz CT molecular complexity index is 1760. The lowest BCUT2D eigenvalue weighted by Gasteiger charge is -2.38. The normalized spacial score (nSPS) is 17.5. The van der Waals surface area contributed by atoms with E-state index in [2.05, 4.69) is 46.5 Å². The summed E-state index contributed by atoms with van der Waals surface area (Å²) in [6, 6.07) is 28.4. The molecule has 306 valence electrons. The predicted octanol–water partition coefficient (Wildman–Crippen LogP) is 11.5. The number of unbranched alkanes of at least 4 members (excludes halogenated alkanes) is 1. The van der Waals surface area contributed by atoms with Crippen LogP contribution < -0.4 is 10.6 Å². The molecule has 2 N–H and O–H groups in total. The lowest BCUT2D eigenvalue weighted by Crippen LogP contribution is -2.48. The van der Waals surface area contributed by atoms with Crippen molar-refractivity contribution in [1.29, 1.82) is 0 Å². The molecule has 0 radical (unpaired) electrons. The maximum absolute atomic E-state index is 13.1. The minimum Gasteiger partial charge on any atom is -0.317 e. The van der Waals surface area contributed by atoms with E-state index in [-0.39, 0.29) is 29.8 Å². The average molecular weight is 785 g/mol. The largest absolute Gasteiger partial charge is 0.416 e. The molecule has 4 aromatic rings. The van der Waals surface area contributed by atoms with Gasteiger partial charge in [0, 0.05) is 50.1 Å². The number of hydrogen-bond acceptors (Lipinski definition) is 4. The Morgan fingerprint density at radius 3 is 1.79 bits per heavy atom. The number of pyridine rings is 1. The summed E-state index contributed by atoms with van der Waals surface area (Å²) in [6.45, 7) is 8.80. The smallest absolute Gasteiger partial charge is 0.317 e. The standard InChI is InChI=1S/C24H29F3N2O.C22H30N4O/c1-2-7-18-12-14-22(15-13-18)29(17-19-8-4-3-5-9-19)23(30)28-21-11-6-10-20(16-21)24(25,26)27;1-2-3-14-25-15-11-21(12-16-25)26(18-19-8-5-4-6-9-19)22(27)24-20-10-7-13-23-17-20/h3-6,8-11,16,18,22H,2,7,12-15,17H2,1H3,(H,28,30);4-10,13,17,21H,2-3,11-12,14-16,18H2,1H3,(H,24,27). The molecule has 2 heterocycles. The van der Waals surface area contributed by atoms with Crippen LogP contribution in [0.5, 0.6) is 0 Å². The second-order valence-corrected chi connectivity index (χ2v) is 15.3. The monoisotopic (exact) mass is 784 g/mol. The van der Waals surface area contributed by atoms with Gasteiger partial charge in [0.2, 0.25) is 0 Å². The number of benzene rings is 3. The Balaban J connectivity index is 0.000000219. The fourth-order valence-electron chi connectivity index (χ4n) is 7.88. The molecule has 8 nitrogen and oxygen atoms in total. The second-order valence-electron chi connectivity index (χ2n) is 15.3. The zero-order chi connectivity index (χ0) is 40.5. The zero-order valence-corrected chi connectivity index (χ0v) is 33.5. The molecular formula is C46H59F3N6O2. The van der Waals surface area contributed by atoms with Gasteiger partial charge in [-0.3, -0.25) is 4.98 Å². The van der Waals surface area contributed by atoms with Gasteiger partial charge in [-0.15, -0.1) is 0 Å². The van der Waals surface area contributed by atoms with Gasteiger partial charge in [0.1, 0.15) is 0 Å². The van der Waals surface area contributed by atoms with E-state index in [1.54, 1.807) is 17.3 Å². The third-order valence-corrected chi connectivity index (χ3v) is 11.0. The number of urea groups is 2.